The smallest absolute Gasteiger partial charge is 0.317 e. The van der Waals surface area contributed by atoms with Gasteiger partial charge in [-0.3, -0.25) is 14.5 Å². The zero-order chi connectivity index (χ0) is 16.2. The SMILES string of the molecule is O=C(O)CN(CC1CC1)C1CC(NC(=O)COC2CCCC2)C1. The summed E-state index contributed by atoms with van der Waals surface area (Å²) in [4.78, 5) is 25.0. The molecule has 130 valence electrons. The van der Waals surface area contributed by atoms with Gasteiger partial charge in [0.05, 0.1) is 12.6 Å². The third kappa shape index (κ3) is 5.18. The molecule has 1 amide bonds. The van der Waals surface area contributed by atoms with E-state index >= 15 is 0 Å². The first-order chi connectivity index (χ1) is 11.1. The summed E-state index contributed by atoms with van der Waals surface area (Å²) in [6.45, 7) is 1.17. The van der Waals surface area contributed by atoms with E-state index in [0.29, 0.717) is 12.0 Å². The fourth-order valence-electron chi connectivity index (χ4n) is 3.67. The fraction of sp³-hybridized carbons (Fsp3) is 0.882. The Morgan fingerprint density at radius 1 is 1.13 bits per heavy atom. The Bertz CT molecular complexity index is 426. The summed E-state index contributed by atoms with van der Waals surface area (Å²) >= 11 is 0. The highest BCUT2D eigenvalue weighted by Gasteiger charge is 2.37. The maximum Gasteiger partial charge on any atom is 0.317 e. The van der Waals surface area contributed by atoms with E-state index in [1.807, 2.05) is 0 Å². The molecule has 6 heteroatoms. The van der Waals surface area contributed by atoms with E-state index < -0.39 is 5.97 Å². The number of hydrogen-bond donors (Lipinski definition) is 2. The average molecular weight is 324 g/mol. The average Bonchev–Trinajstić information content (AvgIpc) is 3.11. The third-order valence-electron chi connectivity index (χ3n) is 5.28. The van der Waals surface area contributed by atoms with Crippen molar-refractivity contribution in [2.24, 2.45) is 5.92 Å². The number of nitrogens with one attached hydrogen (secondary N) is 1. The van der Waals surface area contributed by atoms with Gasteiger partial charge in [0.15, 0.2) is 0 Å². The topological polar surface area (TPSA) is 78.9 Å². The van der Waals surface area contributed by atoms with Gasteiger partial charge in [0.2, 0.25) is 5.91 Å². The number of ether oxygens (including phenoxy) is 1. The molecule has 0 aromatic carbocycles. The largest absolute Gasteiger partial charge is 0.480 e. The predicted molar refractivity (Wildman–Crippen MR) is 85.1 cm³/mol. The highest BCUT2D eigenvalue weighted by molar-refractivity contribution is 5.77. The van der Waals surface area contributed by atoms with Crippen molar-refractivity contribution in [2.45, 2.75) is 69.6 Å². The van der Waals surface area contributed by atoms with E-state index in [9.17, 15) is 9.59 Å². The lowest BCUT2D eigenvalue weighted by Crippen LogP contribution is -2.55. The number of carbonyl (C=O) groups is 2. The van der Waals surface area contributed by atoms with Crippen molar-refractivity contribution in [1.29, 1.82) is 0 Å². The van der Waals surface area contributed by atoms with Gasteiger partial charge >= 0.3 is 5.97 Å². The van der Waals surface area contributed by atoms with Gasteiger partial charge in [0.1, 0.15) is 6.61 Å². The number of aliphatic carboxylic acids is 1. The molecule has 0 bridgehead atoms. The van der Waals surface area contributed by atoms with E-state index in [1.165, 1.54) is 25.7 Å². The molecular weight excluding hydrogens is 296 g/mol. The monoisotopic (exact) mass is 324 g/mol. The highest BCUT2D eigenvalue weighted by atomic mass is 16.5. The van der Waals surface area contributed by atoms with Crippen LogP contribution in [0, 0.1) is 5.92 Å². The van der Waals surface area contributed by atoms with Crippen LogP contribution in [0.25, 0.3) is 0 Å². The summed E-state index contributed by atoms with van der Waals surface area (Å²) in [7, 11) is 0. The van der Waals surface area contributed by atoms with Crippen LogP contribution in [0.15, 0.2) is 0 Å². The van der Waals surface area contributed by atoms with Crippen LogP contribution in [0.1, 0.15) is 51.4 Å². The molecule has 3 fully saturated rings. The molecule has 0 heterocycles. The summed E-state index contributed by atoms with van der Waals surface area (Å²) in [5, 5.41) is 12.1. The van der Waals surface area contributed by atoms with Crippen LogP contribution in [-0.2, 0) is 14.3 Å². The molecule has 3 rings (SSSR count). The third-order valence-corrected chi connectivity index (χ3v) is 5.28. The van der Waals surface area contributed by atoms with Crippen LogP contribution in [0.3, 0.4) is 0 Å². The van der Waals surface area contributed by atoms with Gasteiger partial charge in [-0.1, -0.05) is 12.8 Å². The van der Waals surface area contributed by atoms with Gasteiger partial charge in [-0.25, -0.2) is 0 Å². The summed E-state index contributed by atoms with van der Waals surface area (Å²) in [6, 6.07) is 0.475. The van der Waals surface area contributed by atoms with Gasteiger partial charge < -0.3 is 15.2 Å². The summed E-state index contributed by atoms with van der Waals surface area (Å²) in [6.07, 6.45) is 8.98. The molecule has 6 nitrogen and oxygen atoms in total. The quantitative estimate of drug-likeness (QED) is 0.670. The highest BCUT2D eigenvalue weighted by Crippen LogP contribution is 2.33. The number of nitrogens with zero attached hydrogens (tertiary/aromatic N) is 1. The number of carbonyl (C=O) groups excluding carboxylic acids is 1. The van der Waals surface area contributed by atoms with Gasteiger partial charge in [0, 0.05) is 18.6 Å². The molecule has 23 heavy (non-hydrogen) atoms. The van der Waals surface area contributed by atoms with E-state index in [4.69, 9.17) is 9.84 Å². The number of hydrogen-bond acceptors (Lipinski definition) is 4. The van der Waals surface area contributed by atoms with Crippen LogP contribution < -0.4 is 5.32 Å². The van der Waals surface area contributed by atoms with Gasteiger partial charge in [-0.15, -0.1) is 0 Å². The van der Waals surface area contributed by atoms with Crippen molar-refractivity contribution < 1.29 is 19.4 Å². The summed E-state index contributed by atoms with van der Waals surface area (Å²) in [5.41, 5.74) is 0. The molecule has 0 spiro atoms. The zero-order valence-electron chi connectivity index (χ0n) is 13.7. The first-order valence-electron chi connectivity index (χ1n) is 8.97. The molecule has 2 N–H and O–H groups in total. The molecule has 0 atom stereocenters. The molecule has 0 aliphatic heterocycles. The Morgan fingerprint density at radius 2 is 1.83 bits per heavy atom. The second-order valence-electron chi connectivity index (χ2n) is 7.37. The Morgan fingerprint density at radius 3 is 2.43 bits per heavy atom. The zero-order valence-corrected chi connectivity index (χ0v) is 13.7. The fourth-order valence-corrected chi connectivity index (χ4v) is 3.67. The van der Waals surface area contributed by atoms with Gasteiger partial charge in [-0.05, 0) is 44.4 Å². The Hall–Kier alpha value is -1.14. The van der Waals surface area contributed by atoms with E-state index in [0.717, 1.165) is 32.2 Å². The molecular formula is C17H28N2O4. The van der Waals surface area contributed by atoms with Crippen LogP contribution in [-0.4, -0.2) is 59.8 Å². The Balaban J connectivity index is 1.33. The van der Waals surface area contributed by atoms with E-state index in [2.05, 4.69) is 10.2 Å². The number of amides is 1. The second kappa shape index (κ2) is 7.62. The lowest BCUT2D eigenvalue weighted by Gasteiger charge is -2.42. The molecule has 0 aromatic rings. The van der Waals surface area contributed by atoms with Crippen molar-refractivity contribution in [1.82, 2.24) is 10.2 Å². The van der Waals surface area contributed by atoms with Crippen LogP contribution in [0.2, 0.25) is 0 Å². The van der Waals surface area contributed by atoms with E-state index in [-0.39, 0.29) is 31.2 Å². The lowest BCUT2D eigenvalue weighted by molar-refractivity contribution is -0.140. The van der Waals surface area contributed by atoms with Crippen molar-refractivity contribution in [3.63, 3.8) is 0 Å². The van der Waals surface area contributed by atoms with Crippen molar-refractivity contribution >= 4 is 11.9 Å². The Labute approximate surface area is 137 Å². The minimum absolute atomic E-state index is 0.0349. The molecule has 0 saturated heterocycles. The Kier molecular flexibility index (Phi) is 5.54. The van der Waals surface area contributed by atoms with E-state index in [1.54, 1.807) is 0 Å². The van der Waals surface area contributed by atoms with Gasteiger partial charge in [0.25, 0.3) is 0 Å². The molecule has 3 aliphatic carbocycles. The van der Waals surface area contributed by atoms with Crippen molar-refractivity contribution in [3.05, 3.63) is 0 Å². The minimum atomic E-state index is -0.761. The lowest BCUT2D eigenvalue weighted by atomic mass is 9.85. The normalized spacial score (nSPS) is 27.9. The van der Waals surface area contributed by atoms with Crippen molar-refractivity contribution in [2.75, 3.05) is 19.7 Å². The number of carboxylic acids is 1. The number of rotatable bonds is 9. The second-order valence-corrected chi connectivity index (χ2v) is 7.37. The summed E-state index contributed by atoms with van der Waals surface area (Å²) < 4.78 is 5.62. The molecule has 0 unspecified atom stereocenters. The molecule has 0 radical (unpaired) electrons. The minimum Gasteiger partial charge on any atom is -0.480 e. The van der Waals surface area contributed by atoms with Crippen LogP contribution >= 0.6 is 0 Å². The number of carboxylic acid groups (broad SMARTS) is 1. The standard InChI is InChI=1S/C17H28N2O4/c20-16(11-23-15-3-1-2-4-15)18-13-7-14(8-13)19(10-17(21)22)9-12-5-6-12/h12-15H,1-11H2,(H,18,20)(H,21,22). The van der Waals surface area contributed by atoms with Crippen molar-refractivity contribution in [3.8, 4) is 0 Å². The van der Waals surface area contributed by atoms with Crippen LogP contribution in [0.4, 0.5) is 0 Å². The maximum atomic E-state index is 11.9. The maximum absolute atomic E-state index is 11.9. The summed E-state index contributed by atoms with van der Waals surface area (Å²) in [5.74, 6) is -0.113. The van der Waals surface area contributed by atoms with Crippen LogP contribution in [0.5, 0.6) is 0 Å². The predicted octanol–water partition coefficient (Wildman–Crippen LogP) is 1.39. The molecule has 0 aromatic heterocycles. The molecule has 3 saturated carbocycles. The molecule has 3 aliphatic rings. The first-order valence-corrected chi connectivity index (χ1v) is 8.97. The first kappa shape index (κ1) is 16.7. The van der Waals surface area contributed by atoms with Gasteiger partial charge in [-0.2, -0.15) is 0 Å².